The van der Waals surface area contributed by atoms with Crippen LogP contribution >= 0.6 is 0 Å². The van der Waals surface area contributed by atoms with Gasteiger partial charge in [-0.25, -0.2) is 0 Å². The zero-order valence-corrected chi connectivity index (χ0v) is 18.3. The second kappa shape index (κ2) is 8.73. The maximum absolute atomic E-state index is 11.0. The summed E-state index contributed by atoms with van der Waals surface area (Å²) in [6.07, 6.45) is 1.68. The number of nitrogens with zero attached hydrogens (tertiary/aromatic N) is 4. The number of aromatic nitrogens is 1. The summed E-state index contributed by atoms with van der Waals surface area (Å²) in [6.45, 7) is 10.5. The Morgan fingerprint density at radius 2 is 1.90 bits per heavy atom. The molecule has 0 radical (unpaired) electrons. The van der Waals surface area contributed by atoms with Crippen molar-refractivity contribution in [3.8, 4) is 0 Å². The molecule has 2 unspecified atom stereocenters. The minimum Gasteiger partial charge on any atom is -0.390 e. The lowest BCUT2D eigenvalue weighted by atomic mass is 9.99. The van der Waals surface area contributed by atoms with E-state index in [0.29, 0.717) is 19.6 Å². The van der Waals surface area contributed by atoms with Gasteiger partial charge < -0.3 is 10.2 Å². The van der Waals surface area contributed by atoms with Crippen molar-refractivity contribution in [3.05, 3.63) is 65.0 Å². The third-order valence-electron chi connectivity index (χ3n) is 6.42. The van der Waals surface area contributed by atoms with Crippen molar-refractivity contribution >= 4 is 0 Å². The van der Waals surface area contributed by atoms with Crippen molar-refractivity contribution in [1.82, 2.24) is 19.7 Å². The molecule has 0 spiro atoms. The molecule has 4 rings (SSSR count). The van der Waals surface area contributed by atoms with E-state index in [4.69, 9.17) is 0 Å². The van der Waals surface area contributed by atoms with Crippen molar-refractivity contribution in [2.24, 2.45) is 0 Å². The van der Waals surface area contributed by atoms with Gasteiger partial charge in [0.25, 0.3) is 0 Å². The largest absolute Gasteiger partial charge is 0.390 e. The summed E-state index contributed by atoms with van der Waals surface area (Å²) >= 11 is 0. The number of aryl methyl sites for hydroxylation is 1. The van der Waals surface area contributed by atoms with Crippen LogP contribution in [-0.4, -0.2) is 74.1 Å². The van der Waals surface area contributed by atoms with Crippen LogP contribution in [0.4, 0.5) is 0 Å². The molecule has 2 N–H and O–H groups in total. The second-order valence-corrected chi connectivity index (χ2v) is 9.43. The van der Waals surface area contributed by atoms with Crippen molar-refractivity contribution < 1.29 is 10.2 Å². The van der Waals surface area contributed by atoms with E-state index in [2.05, 4.69) is 59.0 Å². The number of pyridine rings is 1. The molecule has 1 saturated heterocycles. The molecular formula is C24H34N4O2. The summed E-state index contributed by atoms with van der Waals surface area (Å²) in [5, 5.41) is 21.8. The number of aliphatic hydroxyl groups is 2. The number of hydrogen-bond donors (Lipinski definition) is 2. The number of β-amino-alcohol motifs (C(OH)–C–C–N with tert-alkyl or cyclic N) is 1. The van der Waals surface area contributed by atoms with E-state index in [1.165, 1.54) is 11.1 Å². The first kappa shape index (κ1) is 21.4. The predicted molar refractivity (Wildman–Crippen MR) is 118 cm³/mol. The lowest BCUT2D eigenvalue weighted by Gasteiger charge is -2.36. The van der Waals surface area contributed by atoms with E-state index in [1.807, 2.05) is 24.1 Å². The maximum atomic E-state index is 11.0. The lowest BCUT2D eigenvalue weighted by Crippen LogP contribution is -2.51. The van der Waals surface area contributed by atoms with E-state index in [1.54, 1.807) is 0 Å². The zero-order valence-electron chi connectivity index (χ0n) is 18.3. The molecule has 162 valence electrons. The molecule has 1 fully saturated rings. The maximum Gasteiger partial charge on any atom is 0.166 e. The molecule has 2 atom stereocenters. The minimum absolute atomic E-state index is 0.215. The predicted octanol–water partition coefficient (Wildman–Crippen LogP) is 1.98. The van der Waals surface area contributed by atoms with Gasteiger partial charge in [0.15, 0.2) is 6.35 Å². The highest BCUT2D eigenvalue weighted by molar-refractivity contribution is 5.29. The van der Waals surface area contributed by atoms with E-state index < -0.39 is 12.5 Å². The number of fused-ring (bicyclic) bond motifs is 1. The third-order valence-corrected chi connectivity index (χ3v) is 6.42. The van der Waals surface area contributed by atoms with Gasteiger partial charge in [0.1, 0.15) is 0 Å². The molecule has 1 aromatic carbocycles. The smallest absolute Gasteiger partial charge is 0.166 e. The summed E-state index contributed by atoms with van der Waals surface area (Å²) in [5.74, 6) is 0. The van der Waals surface area contributed by atoms with Crippen LogP contribution in [0.15, 0.2) is 42.6 Å². The fourth-order valence-electron chi connectivity index (χ4n) is 4.78. The summed E-state index contributed by atoms with van der Waals surface area (Å²) in [6, 6.07) is 12.6. The molecule has 0 amide bonds. The fraction of sp³-hybridized carbons (Fsp3) is 0.542. The molecule has 0 bridgehead atoms. The summed E-state index contributed by atoms with van der Waals surface area (Å²) in [7, 11) is 0. The Balaban J connectivity index is 1.35. The molecule has 6 nitrogen and oxygen atoms in total. The molecule has 6 heteroatoms. The quantitative estimate of drug-likeness (QED) is 0.759. The Labute approximate surface area is 179 Å². The third kappa shape index (κ3) is 4.74. The van der Waals surface area contributed by atoms with Crippen molar-refractivity contribution in [2.45, 2.75) is 58.3 Å². The number of hydrogen-bond acceptors (Lipinski definition) is 6. The lowest BCUT2D eigenvalue weighted by molar-refractivity contribution is -0.0936. The molecule has 2 aliphatic rings. The highest BCUT2D eigenvalue weighted by atomic mass is 16.3. The van der Waals surface area contributed by atoms with Crippen LogP contribution in [0.25, 0.3) is 0 Å². The Bertz CT molecular complexity index is 855. The van der Waals surface area contributed by atoms with Crippen LogP contribution in [0.3, 0.4) is 0 Å². The molecule has 30 heavy (non-hydrogen) atoms. The van der Waals surface area contributed by atoms with Crippen molar-refractivity contribution in [3.63, 3.8) is 0 Å². The SMILES string of the molecule is Cc1ccc(CN2CC(C)(C)N(CC(O)CN3CCc4ccccc4C3)C2O)cn1. The fourth-order valence-corrected chi connectivity index (χ4v) is 4.78. The van der Waals surface area contributed by atoms with Gasteiger partial charge in [-0.2, -0.15) is 0 Å². The highest BCUT2D eigenvalue weighted by Gasteiger charge is 2.44. The average molecular weight is 411 g/mol. The van der Waals surface area contributed by atoms with Gasteiger partial charge in [0.05, 0.1) is 6.10 Å². The van der Waals surface area contributed by atoms with Gasteiger partial charge in [0, 0.05) is 56.7 Å². The molecule has 0 saturated carbocycles. The highest BCUT2D eigenvalue weighted by Crippen LogP contribution is 2.30. The average Bonchev–Trinajstić information content (AvgIpc) is 2.92. The van der Waals surface area contributed by atoms with E-state index in [0.717, 1.165) is 37.3 Å². The summed E-state index contributed by atoms with van der Waals surface area (Å²) in [5.41, 5.74) is 4.64. The molecule has 2 aromatic rings. The van der Waals surface area contributed by atoms with Crippen LogP contribution in [0.2, 0.25) is 0 Å². The second-order valence-electron chi connectivity index (χ2n) is 9.43. The zero-order chi connectivity index (χ0) is 21.3. The standard InChI is InChI=1S/C24H34N4O2/c1-18-8-9-19(12-25-18)13-27-17-24(2,3)28(23(27)30)16-22(29)15-26-11-10-20-6-4-5-7-21(20)14-26/h4-9,12,22-23,29-30H,10-11,13-17H2,1-3H3. The first-order valence-electron chi connectivity index (χ1n) is 10.9. The van der Waals surface area contributed by atoms with Gasteiger partial charge in [0.2, 0.25) is 0 Å². The van der Waals surface area contributed by atoms with Gasteiger partial charge >= 0.3 is 0 Å². The molecule has 1 aromatic heterocycles. The number of aliphatic hydroxyl groups excluding tert-OH is 2. The summed E-state index contributed by atoms with van der Waals surface area (Å²) in [4.78, 5) is 10.8. The van der Waals surface area contributed by atoms with Gasteiger partial charge in [-0.05, 0) is 49.9 Å². The minimum atomic E-state index is -0.710. The Kier molecular flexibility index (Phi) is 6.23. The normalized spacial score (nSPS) is 23.4. The van der Waals surface area contributed by atoms with Gasteiger partial charge in [-0.1, -0.05) is 30.3 Å². The topological polar surface area (TPSA) is 63.1 Å². The van der Waals surface area contributed by atoms with Crippen LogP contribution < -0.4 is 0 Å². The van der Waals surface area contributed by atoms with Gasteiger partial charge in [-0.3, -0.25) is 19.7 Å². The molecular weight excluding hydrogens is 376 g/mol. The number of rotatable bonds is 6. The van der Waals surface area contributed by atoms with Crippen molar-refractivity contribution in [1.29, 1.82) is 0 Å². The number of benzene rings is 1. The van der Waals surface area contributed by atoms with Crippen LogP contribution in [0, 0.1) is 6.92 Å². The summed E-state index contributed by atoms with van der Waals surface area (Å²) < 4.78 is 0. The van der Waals surface area contributed by atoms with E-state index >= 15 is 0 Å². The van der Waals surface area contributed by atoms with Crippen molar-refractivity contribution in [2.75, 3.05) is 26.2 Å². The van der Waals surface area contributed by atoms with Crippen LogP contribution in [0.1, 0.15) is 36.2 Å². The first-order chi connectivity index (χ1) is 14.3. The molecule has 2 aliphatic heterocycles. The Morgan fingerprint density at radius 1 is 1.13 bits per heavy atom. The van der Waals surface area contributed by atoms with Crippen LogP contribution in [-0.2, 0) is 19.5 Å². The molecule has 0 aliphatic carbocycles. The van der Waals surface area contributed by atoms with Gasteiger partial charge in [-0.15, -0.1) is 0 Å². The molecule has 3 heterocycles. The van der Waals surface area contributed by atoms with E-state index in [-0.39, 0.29) is 5.54 Å². The first-order valence-corrected chi connectivity index (χ1v) is 10.9. The monoisotopic (exact) mass is 410 g/mol. The Hall–Kier alpha value is -1.83. The van der Waals surface area contributed by atoms with E-state index in [9.17, 15) is 10.2 Å². The Morgan fingerprint density at radius 3 is 2.63 bits per heavy atom. The van der Waals surface area contributed by atoms with Crippen LogP contribution in [0.5, 0.6) is 0 Å².